The van der Waals surface area contributed by atoms with E-state index in [2.05, 4.69) is 9.97 Å². The van der Waals surface area contributed by atoms with Crippen LogP contribution in [0.25, 0.3) is 5.65 Å². The van der Waals surface area contributed by atoms with Gasteiger partial charge in [-0.15, -0.1) is 0 Å². The maximum Gasteiger partial charge on any atom is 0.282 e. The lowest BCUT2D eigenvalue weighted by molar-refractivity contribution is 0.0724. The Morgan fingerprint density at radius 3 is 2.85 bits per heavy atom. The molecular weight excluding hydrogens is 357 g/mol. The molecule has 0 unspecified atom stereocenters. The predicted octanol–water partition coefficient (Wildman–Crippen LogP) is 3.65. The quantitative estimate of drug-likeness (QED) is 0.662. The molecule has 5 nitrogen and oxygen atoms in total. The summed E-state index contributed by atoms with van der Waals surface area (Å²) in [6, 6.07) is 6.18. The Morgan fingerprint density at radius 1 is 1.33 bits per heavy atom. The normalized spacial score (nSPS) is 14.1. The molecule has 8 heteroatoms. The molecule has 2 heterocycles. The van der Waals surface area contributed by atoms with Crippen molar-refractivity contribution in [2.24, 2.45) is 0 Å². The first-order valence-electron chi connectivity index (χ1n) is 8.70. The topological polar surface area (TPSA) is 50.5 Å². The van der Waals surface area contributed by atoms with E-state index in [1.54, 1.807) is 17.0 Å². The Balaban J connectivity index is 1.65. The molecule has 1 aliphatic carbocycles. The number of halogens is 3. The Labute approximate surface area is 153 Å². The van der Waals surface area contributed by atoms with Gasteiger partial charge in [0, 0.05) is 25.0 Å². The van der Waals surface area contributed by atoms with Crippen LogP contribution in [0, 0.1) is 5.82 Å². The third kappa shape index (κ3) is 3.51. The smallest absolute Gasteiger partial charge is 0.282 e. The predicted molar refractivity (Wildman–Crippen MR) is 92.1 cm³/mol. The Bertz CT molecular complexity index is 984. The monoisotopic (exact) mass is 374 g/mol. The summed E-state index contributed by atoms with van der Waals surface area (Å²) < 4.78 is 41.7. The van der Waals surface area contributed by atoms with Crippen molar-refractivity contribution >= 4 is 11.6 Å². The van der Waals surface area contributed by atoms with Crippen LogP contribution in [0.4, 0.5) is 13.2 Å². The zero-order chi connectivity index (χ0) is 19.0. The van der Waals surface area contributed by atoms with E-state index in [0.717, 1.165) is 18.4 Å². The highest BCUT2D eigenvalue weighted by molar-refractivity contribution is 5.95. The van der Waals surface area contributed by atoms with Crippen molar-refractivity contribution < 1.29 is 18.0 Å². The van der Waals surface area contributed by atoms with Crippen LogP contribution in [0.3, 0.4) is 0 Å². The third-order valence-corrected chi connectivity index (χ3v) is 4.65. The maximum absolute atomic E-state index is 13.5. The van der Waals surface area contributed by atoms with Gasteiger partial charge in [0.2, 0.25) is 0 Å². The minimum Gasteiger partial charge on any atom is -0.334 e. The highest BCUT2D eigenvalue weighted by Gasteiger charge is 2.36. The number of hydrogen-bond donors (Lipinski definition) is 0. The molecular formula is C19H17F3N4O. The fourth-order valence-corrected chi connectivity index (χ4v) is 3.20. The van der Waals surface area contributed by atoms with Gasteiger partial charge in [-0.1, -0.05) is 12.1 Å². The summed E-state index contributed by atoms with van der Waals surface area (Å²) in [5.41, 5.74) is 0.292. The molecule has 0 bridgehead atoms. The van der Waals surface area contributed by atoms with E-state index < -0.39 is 18.0 Å². The molecule has 1 saturated carbocycles. The van der Waals surface area contributed by atoms with Gasteiger partial charge in [0.15, 0.2) is 5.65 Å². The summed E-state index contributed by atoms with van der Waals surface area (Å²) in [5.74, 6) is -0.825. The molecule has 0 aliphatic heterocycles. The van der Waals surface area contributed by atoms with Crippen LogP contribution in [-0.2, 0) is 6.42 Å². The van der Waals surface area contributed by atoms with Crippen molar-refractivity contribution in [2.75, 3.05) is 6.54 Å². The van der Waals surface area contributed by atoms with Crippen molar-refractivity contribution in [2.45, 2.75) is 31.7 Å². The van der Waals surface area contributed by atoms with E-state index in [4.69, 9.17) is 0 Å². The van der Waals surface area contributed by atoms with Crippen molar-refractivity contribution in [3.05, 3.63) is 65.6 Å². The SMILES string of the molecule is O=C(c1c(C(F)F)nc2cnccn12)N(CCc1cccc(F)c1)C1CC1. The minimum atomic E-state index is -2.87. The minimum absolute atomic E-state index is 0.0176. The van der Waals surface area contributed by atoms with Crippen LogP contribution < -0.4 is 0 Å². The number of aromatic nitrogens is 3. The van der Waals surface area contributed by atoms with Crippen molar-refractivity contribution in [1.82, 2.24) is 19.3 Å². The molecule has 4 rings (SSSR count). The lowest BCUT2D eigenvalue weighted by atomic mass is 10.1. The summed E-state index contributed by atoms with van der Waals surface area (Å²) in [6.07, 6.45) is 3.47. The number of alkyl halides is 2. The van der Waals surface area contributed by atoms with Gasteiger partial charge in [0.25, 0.3) is 12.3 Å². The zero-order valence-corrected chi connectivity index (χ0v) is 14.4. The summed E-state index contributed by atoms with van der Waals surface area (Å²) in [4.78, 5) is 22.5. The molecule has 1 aliphatic rings. The maximum atomic E-state index is 13.5. The highest BCUT2D eigenvalue weighted by Crippen LogP contribution is 2.31. The second-order valence-electron chi connectivity index (χ2n) is 6.56. The molecule has 0 saturated heterocycles. The molecule has 1 aromatic carbocycles. The van der Waals surface area contributed by atoms with Crippen molar-refractivity contribution in [1.29, 1.82) is 0 Å². The van der Waals surface area contributed by atoms with Crippen molar-refractivity contribution in [3.63, 3.8) is 0 Å². The van der Waals surface area contributed by atoms with Crippen molar-refractivity contribution in [3.8, 4) is 0 Å². The lowest BCUT2D eigenvalue weighted by Gasteiger charge is -2.23. The largest absolute Gasteiger partial charge is 0.334 e. The summed E-state index contributed by atoms with van der Waals surface area (Å²) in [6.45, 7) is 0.327. The number of carbonyl (C=O) groups excluding carboxylic acids is 1. The van der Waals surface area contributed by atoms with Gasteiger partial charge >= 0.3 is 0 Å². The van der Waals surface area contributed by atoms with E-state index in [9.17, 15) is 18.0 Å². The van der Waals surface area contributed by atoms with Crippen LogP contribution in [0.1, 0.15) is 41.0 Å². The molecule has 0 radical (unpaired) electrons. The third-order valence-electron chi connectivity index (χ3n) is 4.65. The van der Waals surface area contributed by atoms with Gasteiger partial charge in [-0.3, -0.25) is 14.2 Å². The standard InChI is InChI=1S/C19H17F3N4O/c20-13-3-1-2-12(10-13)6-8-25(14-4-5-14)19(27)17-16(18(21)22)24-15-11-23-7-9-26(15)17/h1-3,7,9-11,14,18H,4-6,8H2. The highest BCUT2D eigenvalue weighted by atomic mass is 19.3. The fourth-order valence-electron chi connectivity index (χ4n) is 3.20. The van der Waals surface area contributed by atoms with E-state index in [1.165, 1.54) is 35.1 Å². The molecule has 1 amide bonds. The first-order valence-corrected chi connectivity index (χ1v) is 8.70. The molecule has 0 spiro atoms. The Kier molecular flexibility index (Phi) is 4.55. The number of carbonyl (C=O) groups is 1. The Hall–Kier alpha value is -2.90. The van der Waals surface area contributed by atoms with Gasteiger partial charge < -0.3 is 4.90 Å². The molecule has 0 N–H and O–H groups in total. The van der Waals surface area contributed by atoms with E-state index >= 15 is 0 Å². The number of fused-ring (bicyclic) bond motifs is 1. The number of amides is 1. The molecule has 3 aromatic rings. The van der Waals surface area contributed by atoms with Gasteiger partial charge in [-0.05, 0) is 37.0 Å². The van der Waals surface area contributed by atoms with Crippen LogP contribution in [0.5, 0.6) is 0 Å². The van der Waals surface area contributed by atoms with Gasteiger partial charge in [-0.2, -0.15) is 0 Å². The van der Waals surface area contributed by atoms with Gasteiger partial charge in [0.05, 0.1) is 6.20 Å². The van der Waals surface area contributed by atoms with Crippen LogP contribution in [0.15, 0.2) is 42.9 Å². The first-order chi connectivity index (χ1) is 13.0. The first kappa shape index (κ1) is 17.5. The fraction of sp³-hybridized carbons (Fsp3) is 0.316. The van der Waals surface area contributed by atoms with Crippen LogP contribution in [-0.4, -0.2) is 37.8 Å². The molecule has 0 atom stereocenters. The second-order valence-corrected chi connectivity index (χ2v) is 6.56. The van der Waals surface area contributed by atoms with Gasteiger partial charge in [-0.25, -0.2) is 18.2 Å². The van der Waals surface area contributed by atoms with E-state index in [1.807, 2.05) is 0 Å². The zero-order valence-electron chi connectivity index (χ0n) is 14.4. The van der Waals surface area contributed by atoms with Crippen LogP contribution in [0.2, 0.25) is 0 Å². The van der Waals surface area contributed by atoms with Crippen LogP contribution >= 0.6 is 0 Å². The summed E-state index contributed by atoms with van der Waals surface area (Å²) in [7, 11) is 0. The number of nitrogens with zero attached hydrogens (tertiary/aromatic N) is 4. The van der Waals surface area contributed by atoms with E-state index in [-0.39, 0.29) is 23.2 Å². The number of rotatable bonds is 6. The summed E-state index contributed by atoms with van der Waals surface area (Å²) >= 11 is 0. The average Bonchev–Trinajstić information content (AvgIpc) is 3.40. The summed E-state index contributed by atoms with van der Waals surface area (Å²) in [5, 5.41) is 0. The van der Waals surface area contributed by atoms with E-state index in [0.29, 0.717) is 13.0 Å². The Morgan fingerprint density at radius 2 is 2.15 bits per heavy atom. The lowest BCUT2D eigenvalue weighted by Crippen LogP contribution is -2.36. The molecule has 1 fully saturated rings. The molecule has 27 heavy (non-hydrogen) atoms. The number of benzene rings is 1. The number of imidazole rings is 1. The molecule has 140 valence electrons. The molecule has 2 aromatic heterocycles. The second kappa shape index (κ2) is 7.02. The average molecular weight is 374 g/mol. The number of hydrogen-bond acceptors (Lipinski definition) is 3. The van der Waals surface area contributed by atoms with Gasteiger partial charge in [0.1, 0.15) is 17.2 Å².